The van der Waals surface area contributed by atoms with Gasteiger partial charge in [0.15, 0.2) is 5.82 Å². The number of halogens is 7. The van der Waals surface area contributed by atoms with Crippen LogP contribution in [-0.2, 0) is 9.97 Å². The fraction of sp³-hybridized carbons (Fsp3) is 0.222. The van der Waals surface area contributed by atoms with Crippen molar-refractivity contribution in [3.05, 3.63) is 28.5 Å². The topological polar surface area (TPSA) is 28.7 Å². The largest absolute Gasteiger partial charge is 0.417 e. The van der Waals surface area contributed by atoms with Crippen molar-refractivity contribution in [3.8, 4) is 0 Å². The Kier molecular flexibility index (Phi) is 3.39. The summed E-state index contributed by atoms with van der Waals surface area (Å²) in [6.45, 7) is 0. The summed E-state index contributed by atoms with van der Waals surface area (Å²) >= 11 is 22.3. The summed E-state index contributed by atoms with van der Waals surface area (Å²) in [5.74, 6) is -0.0714. The molecule has 0 aliphatic rings. The second kappa shape index (κ2) is 4.34. The maximum absolute atomic E-state index is 12.6. The van der Waals surface area contributed by atoms with Crippen LogP contribution in [0.4, 0.5) is 13.2 Å². The summed E-state index contributed by atoms with van der Waals surface area (Å²) in [7, 11) is 0. The maximum atomic E-state index is 12.6. The quantitative estimate of drug-likeness (QED) is 0.668. The zero-order valence-electron chi connectivity index (χ0n) is 8.25. The number of imidazole rings is 1. The number of hydrogen-bond acceptors (Lipinski definition) is 1. The Labute approximate surface area is 119 Å². The number of rotatable bonds is 0. The van der Waals surface area contributed by atoms with Crippen molar-refractivity contribution >= 4 is 57.4 Å². The van der Waals surface area contributed by atoms with E-state index in [4.69, 9.17) is 46.4 Å². The molecule has 1 aromatic heterocycles. The smallest absolute Gasteiger partial charge is 0.338 e. The highest BCUT2D eigenvalue weighted by molar-refractivity contribution is 6.66. The fourth-order valence-corrected chi connectivity index (χ4v) is 1.92. The lowest BCUT2D eigenvalue weighted by molar-refractivity contribution is -0.137. The lowest BCUT2D eigenvalue weighted by atomic mass is 10.2. The van der Waals surface area contributed by atoms with E-state index in [-0.39, 0.29) is 16.9 Å². The molecule has 98 valence electrons. The Hall–Kier alpha value is -0.360. The van der Waals surface area contributed by atoms with Gasteiger partial charge in [0, 0.05) is 0 Å². The minimum absolute atomic E-state index is 0.0714. The van der Waals surface area contributed by atoms with Crippen molar-refractivity contribution in [2.75, 3.05) is 0 Å². The van der Waals surface area contributed by atoms with Crippen LogP contribution in [0.5, 0.6) is 0 Å². The van der Waals surface area contributed by atoms with Gasteiger partial charge in [-0.2, -0.15) is 13.2 Å². The molecule has 0 fully saturated rings. The molecule has 0 unspecified atom stereocenters. The monoisotopic (exact) mass is 336 g/mol. The van der Waals surface area contributed by atoms with Gasteiger partial charge in [-0.25, -0.2) is 4.98 Å². The van der Waals surface area contributed by atoms with Gasteiger partial charge in [-0.1, -0.05) is 46.4 Å². The molecular weight excluding hydrogens is 335 g/mol. The van der Waals surface area contributed by atoms with Gasteiger partial charge in [-0.15, -0.1) is 0 Å². The molecule has 9 heteroatoms. The van der Waals surface area contributed by atoms with E-state index in [0.717, 1.165) is 12.1 Å². The van der Waals surface area contributed by atoms with E-state index in [1.807, 2.05) is 0 Å². The molecule has 0 saturated heterocycles. The van der Waals surface area contributed by atoms with Gasteiger partial charge in [-0.3, -0.25) is 0 Å². The first-order valence-corrected chi connectivity index (χ1v) is 5.94. The van der Waals surface area contributed by atoms with Gasteiger partial charge < -0.3 is 4.98 Å². The van der Waals surface area contributed by atoms with Crippen molar-refractivity contribution < 1.29 is 13.2 Å². The highest BCUT2D eigenvalue weighted by atomic mass is 35.6. The molecule has 0 aliphatic heterocycles. The second-order valence-electron chi connectivity index (χ2n) is 3.43. The van der Waals surface area contributed by atoms with Gasteiger partial charge in [-0.05, 0) is 12.1 Å². The van der Waals surface area contributed by atoms with Crippen LogP contribution in [0.25, 0.3) is 11.0 Å². The zero-order valence-corrected chi connectivity index (χ0v) is 11.3. The average molecular weight is 338 g/mol. The first-order chi connectivity index (χ1) is 8.09. The van der Waals surface area contributed by atoms with Gasteiger partial charge in [0.25, 0.3) is 0 Å². The number of fused-ring (bicyclic) bond motifs is 1. The summed E-state index contributed by atoms with van der Waals surface area (Å²) in [5, 5.41) is -0.461. The van der Waals surface area contributed by atoms with Crippen molar-refractivity contribution in [3.63, 3.8) is 0 Å². The second-order valence-corrected chi connectivity index (χ2v) is 6.12. The standard InChI is InChI=1S/C9H3Cl4F3N2/c10-4-2-6-5(1-3(4)9(14,15)16)17-7(18-6)8(11,12)13/h1-2H,(H,17,18). The van der Waals surface area contributed by atoms with Crippen LogP contribution in [-0.4, -0.2) is 9.97 Å². The lowest BCUT2D eigenvalue weighted by Crippen LogP contribution is -2.05. The normalized spacial score (nSPS) is 13.3. The minimum atomic E-state index is -4.56. The average Bonchev–Trinajstić information content (AvgIpc) is 2.56. The molecule has 0 atom stereocenters. The van der Waals surface area contributed by atoms with Crippen LogP contribution in [0.3, 0.4) is 0 Å². The number of hydrogen-bond donors (Lipinski definition) is 1. The van der Waals surface area contributed by atoms with Crippen LogP contribution in [0.15, 0.2) is 12.1 Å². The number of aromatic nitrogens is 2. The van der Waals surface area contributed by atoms with E-state index in [1.165, 1.54) is 0 Å². The predicted octanol–water partition coefficient (Wildman–Crippen LogP) is 5.06. The van der Waals surface area contributed by atoms with E-state index in [0.29, 0.717) is 0 Å². The SMILES string of the molecule is FC(F)(F)c1cc2[nH]c(C(Cl)(Cl)Cl)nc2cc1Cl. The molecule has 0 spiro atoms. The fourth-order valence-electron chi connectivity index (χ4n) is 1.38. The van der Waals surface area contributed by atoms with Crippen LogP contribution in [0.1, 0.15) is 11.4 Å². The molecule has 0 saturated carbocycles. The van der Waals surface area contributed by atoms with Crippen LogP contribution in [0.2, 0.25) is 5.02 Å². The molecule has 2 nitrogen and oxygen atoms in total. The molecule has 1 heterocycles. The highest BCUT2D eigenvalue weighted by Gasteiger charge is 2.34. The van der Waals surface area contributed by atoms with Crippen molar-refractivity contribution in [2.24, 2.45) is 0 Å². The van der Waals surface area contributed by atoms with Gasteiger partial charge in [0.05, 0.1) is 21.6 Å². The lowest BCUT2D eigenvalue weighted by Gasteiger charge is -2.08. The Morgan fingerprint density at radius 1 is 1.11 bits per heavy atom. The van der Waals surface area contributed by atoms with Gasteiger partial charge in [0.2, 0.25) is 3.79 Å². The summed E-state index contributed by atoms with van der Waals surface area (Å²) in [6, 6.07) is 1.89. The third kappa shape index (κ3) is 2.64. The Morgan fingerprint density at radius 3 is 2.22 bits per heavy atom. The number of H-pyrrole nitrogens is 1. The molecular formula is C9H3Cl4F3N2. The summed E-state index contributed by atoms with van der Waals surface area (Å²) < 4.78 is 36.0. The first kappa shape index (κ1) is 14.1. The molecule has 0 bridgehead atoms. The molecule has 1 aromatic carbocycles. The molecule has 1 N–H and O–H groups in total. The number of aromatic amines is 1. The summed E-state index contributed by atoms with van der Waals surface area (Å²) in [6.07, 6.45) is -4.56. The third-order valence-corrected chi connectivity index (χ3v) is 2.99. The zero-order chi connectivity index (χ0) is 13.7. The number of alkyl halides is 6. The Balaban J connectivity index is 2.65. The van der Waals surface area contributed by atoms with Crippen molar-refractivity contribution in [1.82, 2.24) is 9.97 Å². The van der Waals surface area contributed by atoms with Crippen molar-refractivity contribution in [1.29, 1.82) is 0 Å². The molecule has 0 amide bonds. The van der Waals surface area contributed by atoms with E-state index >= 15 is 0 Å². The summed E-state index contributed by atoms with van der Waals surface area (Å²) in [4.78, 5) is 6.37. The van der Waals surface area contributed by atoms with Gasteiger partial charge >= 0.3 is 6.18 Å². The van der Waals surface area contributed by atoms with Gasteiger partial charge in [0.1, 0.15) is 0 Å². The van der Waals surface area contributed by atoms with Crippen LogP contribution < -0.4 is 0 Å². The van der Waals surface area contributed by atoms with E-state index in [9.17, 15) is 13.2 Å². The number of benzene rings is 1. The van der Waals surface area contributed by atoms with E-state index < -0.39 is 20.6 Å². The number of nitrogens with one attached hydrogen (secondary N) is 1. The van der Waals surface area contributed by atoms with E-state index in [1.54, 1.807) is 0 Å². The molecule has 2 rings (SSSR count). The Bertz CT molecular complexity index is 600. The van der Waals surface area contributed by atoms with E-state index in [2.05, 4.69) is 9.97 Å². The molecule has 0 radical (unpaired) electrons. The number of nitrogens with zero attached hydrogens (tertiary/aromatic N) is 1. The Morgan fingerprint density at radius 2 is 1.72 bits per heavy atom. The maximum Gasteiger partial charge on any atom is 0.417 e. The molecule has 2 aromatic rings. The molecule has 18 heavy (non-hydrogen) atoms. The minimum Gasteiger partial charge on any atom is -0.338 e. The van der Waals surface area contributed by atoms with Crippen LogP contribution in [0, 0.1) is 0 Å². The first-order valence-electron chi connectivity index (χ1n) is 4.42. The molecule has 0 aliphatic carbocycles. The predicted molar refractivity (Wildman–Crippen MR) is 65.3 cm³/mol. The van der Waals surface area contributed by atoms with Crippen LogP contribution >= 0.6 is 46.4 Å². The third-order valence-electron chi connectivity index (χ3n) is 2.14. The highest BCUT2D eigenvalue weighted by Crippen LogP contribution is 2.40. The van der Waals surface area contributed by atoms with Crippen molar-refractivity contribution in [2.45, 2.75) is 9.97 Å². The summed E-state index contributed by atoms with van der Waals surface area (Å²) in [5.41, 5.74) is -0.696.